The van der Waals surface area contributed by atoms with Crippen LogP contribution in [0.3, 0.4) is 0 Å². The van der Waals surface area contributed by atoms with Gasteiger partial charge in [-0.2, -0.15) is 5.10 Å². The maximum absolute atomic E-state index is 12.7. The summed E-state index contributed by atoms with van der Waals surface area (Å²) in [7, 11) is 1.89. The third-order valence-electron chi connectivity index (χ3n) is 3.96. The lowest BCUT2D eigenvalue weighted by atomic mass is 10.1. The Balaban J connectivity index is 2.03. The first-order valence-electron chi connectivity index (χ1n) is 8.38. The van der Waals surface area contributed by atoms with Crippen molar-refractivity contribution in [2.75, 3.05) is 6.54 Å². The standard InChI is InChI=1S/C17H30N4O3/c1-12-14(10-18-8-13-9-19-20(7)11-13)21(17(5,6)23-12)15(22)24-16(2,3)4/h9,11-12,14,18H,8,10H2,1-7H3/t12-,14+/m0/s1. The number of amides is 1. The number of nitrogens with zero attached hydrogens (tertiary/aromatic N) is 3. The van der Waals surface area contributed by atoms with Crippen LogP contribution >= 0.6 is 0 Å². The van der Waals surface area contributed by atoms with Crippen LogP contribution in [0.4, 0.5) is 4.79 Å². The summed E-state index contributed by atoms with van der Waals surface area (Å²) in [6, 6.07) is -0.0912. The summed E-state index contributed by atoms with van der Waals surface area (Å²) in [5.74, 6) is 0. The molecule has 0 radical (unpaired) electrons. The molecule has 1 aromatic heterocycles. The van der Waals surface area contributed by atoms with Crippen LogP contribution in [0.25, 0.3) is 0 Å². The van der Waals surface area contributed by atoms with Crippen LogP contribution in [0.5, 0.6) is 0 Å². The van der Waals surface area contributed by atoms with Gasteiger partial charge in [0.25, 0.3) is 0 Å². The maximum Gasteiger partial charge on any atom is 0.412 e. The average molecular weight is 338 g/mol. The summed E-state index contributed by atoms with van der Waals surface area (Å²) in [6.07, 6.45) is 3.38. The SMILES string of the molecule is C[C@@H]1OC(C)(C)N(C(=O)OC(C)(C)C)[C@@H]1CNCc1cnn(C)c1. The van der Waals surface area contributed by atoms with Crippen molar-refractivity contribution in [3.05, 3.63) is 18.0 Å². The van der Waals surface area contributed by atoms with E-state index < -0.39 is 11.3 Å². The van der Waals surface area contributed by atoms with Gasteiger partial charge in [0.05, 0.1) is 18.3 Å². The number of hydrogen-bond acceptors (Lipinski definition) is 5. The number of ether oxygens (including phenoxy) is 2. The minimum Gasteiger partial charge on any atom is -0.444 e. The van der Waals surface area contributed by atoms with E-state index in [2.05, 4.69) is 10.4 Å². The summed E-state index contributed by atoms with van der Waals surface area (Å²) in [5, 5.41) is 7.55. The van der Waals surface area contributed by atoms with E-state index in [9.17, 15) is 4.79 Å². The average Bonchev–Trinajstić information content (AvgIpc) is 2.88. The van der Waals surface area contributed by atoms with Gasteiger partial charge in [0.15, 0.2) is 0 Å². The second-order valence-corrected chi connectivity index (χ2v) is 7.84. The monoisotopic (exact) mass is 338 g/mol. The highest BCUT2D eigenvalue weighted by Gasteiger charge is 2.49. The van der Waals surface area contributed by atoms with Crippen molar-refractivity contribution in [2.24, 2.45) is 7.05 Å². The van der Waals surface area contributed by atoms with Crippen molar-refractivity contribution in [1.29, 1.82) is 0 Å². The molecule has 0 unspecified atom stereocenters. The highest BCUT2D eigenvalue weighted by Crippen LogP contribution is 2.33. The third kappa shape index (κ3) is 4.48. The lowest BCUT2D eigenvalue weighted by Crippen LogP contribution is -2.53. The fourth-order valence-electron chi connectivity index (χ4n) is 3.05. The zero-order chi connectivity index (χ0) is 18.1. The maximum atomic E-state index is 12.7. The molecule has 1 N–H and O–H groups in total. The van der Waals surface area contributed by atoms with Crippen molar-refractivity contribution < 1.29 is 14.3 Å². The predicted octanol–water partition coefficient (Wildman–Crippen LogP) is 2.27. The highest BCUT2D eigenvalue weighted by atomic mass is 16.6. The minimum absolute atomic E-state index is 0.0751. The Morgan fingerprint density at radius 2 is 2.12 bits per heavy atom. The van der Waals surface area contributed by atoms with Crippen molar-refractivity contribution >= 4 is 6.09 Å². The van der Waals surface area contributed by atoms with E-state index in [-0.39, 0.29) is 18.2 Å². The summed E-state index contributed by atoms with van der Waals surface area (Å²) in [6.45, 7) is 12.7. The molecule has 1 fully saturated rings. The van der Waals surface area contributed by atoms with Gasteiger partial charge in [-0.15, -0.1) is 0 Å². The molecule has 0 bridgehead atoms. The lowest BCUT2D eigenvalue weighted by Gasteiger charge is -2.35. The van der Waals surface area contributed by atoms with Gasteiger partial charge in [-0.05, 0) is 41.5 Å². The van der Waals surface area contributed by atoms with E-state index in [1.165, 1.54) is 0 Å². The van der Waals surface area contributed by atoms with Crippen molar-refractivity contribution in [3.8, 4) is 0 Å². The topological polar surface area (TPSA) is 68.6 Å². The molecule has 0 saturated carbocycles. The van der Waals surface area contributed by atoms with E-state index in [1.54, 1.807) is 9.58 Å². The molecule has 1 saturated heterocycles. The first kappa shape index (κ1) is 18.7. The fraction of sp³-hybridized carbons (Fsp3) is 0.765. The minimum atomic E-state index is -0.692. The van der Waals surface area contributed by atoms with Gasteiger partial charge < -0.3 is 14.8 Å². The molecule has 1 amide bonds. The van der Waals surface area contributed by atoms with Crippen molar-refractivity contribution in [3.63, 3.8) is 0 Å². The highest BCUT2D eigenvalue weighted by molar-refractivity contribution is 5.70. The first-order chi connectivity index (χ1) is 11.0. The molecule has 7 nitrogen and oxygen atoms in total. The second-order valence-electron chi connectivity index (χ2n) is 7.84. The van der Waals surface area contributed by atoms with Gasteiger partial charge >= 0.3 is 6.09 Å². The lowest BCUT2D eigenvalue weighted by molar-refractivity contribution is -0.0756. The summed E-state index contributed by atoms with van der Waals surface area (Å²) in [4.78, 5) is 14.4. The molecule has 0 spiro atoms. The quantitative estimate of drug-likeness (QED) is 0.912. The number of carbonyl (C=O) groups is 1. The molecule has 1 aromatic rings. The van der Waals surface area contributed by atoms with Crippen molar-refractivity contribution in [1.82, 2.24) is 20.0 Å². The van der Waals surface area contributed by atoms with Crippen LogP contribution in [0.15, 0.2) is 12.4 Å². The van der Waals surface area contributed by atoms with E-state index in [1.807, 2.05) is 61.0 Å². The number of rotatable bonds is 4. The van der Waals surface area contributed by atoms with Crippen LogP contribution in [0.1, 0.15) is 47.1 Å². The van der Waals surface area contributed by atoms with Crippen LogP contribution in [0, 0.1) is 0 Å². The van der Waals surface area contributed by atoms with Crippen LogP contribution in [-0.2, 0) is 23.1 Å². The number of aryl methyl sites for hydroxylation is 1. The molecule has 2 rings (SSSR count). The Morgan fingerprint density at radius 3 is 2.67 bits per heavy atom. The van der Waals surface area contributed by atoms with Crippen LogP contribution in [-0.4, -0.2) is 50.8 Å². The van der Waals surface area contributed by atoms with Gasteiger partial charge in [-0.3, -0.25) is 9.58 Å². The summed E-state index contributed by atoms with van der Waals surface area (Å²) in [5.41, 5.74) is -0.123. The van der Waals surface area contributed by atoms with Crippen molar-refractivity contribution in [2.45, 2.75) is 71.6 Å². The normalized spacial score (nSPS) is 23.5. The largest absolute Gasteiger partial charge is 0.444 e. The van der Waals surface area contributed by atoms with Crippen LogP contribution in [0.2, 0.25) is 0 Å². The Morgan fingerprint density at radius 1 is 1.46 bits per heavy atom. The van der Waals surface area contributed by atoms with E-state index in [0.29, 0.717) is 13.1 Å². The summed E-state index contributed by atoms with van der Waals surface area (Å²) < 4.78 is 13.3. The van der Waals surface area contributed by atoms with Gasteiger partial charge in [0.1, 0.15) is 11.3 Å². The zero-order valence-corrected chi connectivity index (χ0v) is 15.8. The second kappa shape index (κ2) is 6.72. The molecule has 24 heavy (non-hydrogen) atoms. The van der Waals surface area contributed by atoms with Gasteiger partial charge in [-0.25, -0.2) is 4.79 Å². The molecule has 0 aliphatic carbocycles. The molecular formula is C17H30N4O3. The van der Waals surface area contributed by atoms with Gasteiger partial charge in [0, 0.05) is 31.9 Å². The number of carbonyl (C=O) groups excluding carboxylic acids is 1. The number of hydrogen-bond donors (Lipinski definition) is 1. The molecule has 136 valence electrons. The first-order valence-corrected chi connectivity index (χ1v) is 8.38. The molecule has 1 aliphatic rings. The Labute approximate surface area is 144 Å². The van der Waals surface area contributed by atoms with E-state index >= 15 is 0 Å². The van der Waals surface area contributed by atoms with Crippen LogP contribution < -0.4 is 5.32 Å². The number of aromatic nitrogens is 2. The number of nitrogens with one attached hydrogen (secondary N) is 1. The molecular weight excluding hydrogens is 308 g/mol. The molecule has 1 aliphatic heterocycles. The predicted molar refractivity (Wildman–Crippen MR) is 91.4 cm³/mol. The van der Waals surface area contributed by atoms with E-state index in [0.717, 1.165) is 5.56 Å². The Bertz CT molecular complexity index is 577. The molecule has 2 atom stereocenters. The fourth-order valence-corrected chi connectivity index (χ4v) is 3.05. The van der Waals surface area contributed by atoms with E-state index in [4.69, 9.17) is 9.47 Å². The smallest absolute Gasteiger partial charge is 0.412 e. The third-order valence-corrected chi connectivity index (χ3v) is 3.96. The molecule has 7 heteroatoms. The Hall–Kier alpha value is -1.60. The molecule has 0 aromatic carbocycles. The summed E-state index contributed by atoms with van der Waals surface area (Å²) >= 11 is 0. The Kier molecular flexibility index (Phi) is 5.25. The molecule has 2 heterocycles. The van der Waals surface area contributed by atoms with Gasteiger partial charge in [-0.1, -0.05) is 0 Å². The van der Waals surface area contributed by atoms with Gasteiger partial charge in [0.2, 0.25) is 0 Å². The zero-order valence-electron chi connectivity index (χ0n) is 15.8.